The topological polar surface area (TPSA) is 9.23 Å². The maximum atomic E-state index is 5.60. The fourth-order valence-electron chi connectivity index (χ4n) is 4.31. The van der Waals surface area contributed by atoms with Crippen LogP contribution in [0.2, 0.25) is 0 Å². The average molecular weight is 477 g/mol. The Labute approximate surface area is 187 Å². The molecular weight excluding hydrogens is 451 g/mol. The van der Waals surface area contributed by atoms with Gasteiger partial charge in [-0.05, 0) is 0 Å². The van der Waals surface area contributed by atoms with Gasteiger partial charge in [-0.25, -0.2) is 0 Å². The van der Waals surface area contributed by atoms with Crippen molar-refractivity contribution in [3.05, 3.63) is 120 Å². The van der Waals surface area contributed by atoms with Gasteiger partial charge in [-0.15, -0.1) is 0 Å². The van der Waals surface area contributed by atoms with E-state index in [1.54, 1.807) is 7.11 Å². The van der Waals surface area contributed by atoms with Crippen molar-refractivity contribution in [3.8, 4) is 5.75 Å². The van der Waals surface area contributed by atoms with E-state index < -0.39 is 5.31 Å². The van der Waals surface area contributed by atoms with Gasteiger partial charge < -0.3 is 0 Å². The summed E-state index contributed by atoms with van der Waals surface area (Å²) in [5.74, 6) is 0.900. The molecule has 3 heteroatoms. The molecule has 0 aliphatic heterocycles. The molecule has 0 amide bonds. The zero-order valence-corrected chi connectivity index (χ0v) is 19.8. The molecule has 0 unspecified atom stereocenters. The van der Waals surface area contributed by atoms with Gasteiger partial charge in [-0.3, -0.25) is 0 Å². The molecule has 4 aromatic rings. The van der Waals surface area contributed by atoms with Crippen molar-refractivity contribution in [2.75, 3.05) is 7.11 Å². The number of ether oxygens (including phenoxy) is 1. The molecule has 0 N–H and O–H groups in total. The predicted octanol–water partition coefficient (Wildman–Crippen LogP) is 6.34. The molecule has 0 heterocycles. The molecule has 0 aliphatic rings. The number of aryl methyl sites for hydroxylation is 1. The predicted molar refractivity (Wildman–Crippen MR) is 136 cm³/mol. The first kappa shape index (κ1) is 20.8. The van der Waals surface area contributed by atoms with Crippen molar-refractivity contribution in [2.24, 2.45) is 0 Å². The molecule has 0 fully saturated rings. The minimum absolute atomic E-state index is 0.863. The molecule has 0 aliphatic carbocycles. The Morgan fingerprint density at radius 2 is 1.10 bits per heavy atom. The Kier molecular flexibility index (Phi) is 5.82. The number of benzene rings is 4. The van der Waals surface area contributed by atoms with Gasteiger partial charge in [0, 0.05) is 0 Å². The van der Waals surface area contributed by atoms with E-state index in [1.807, 2.05) is 0 Å². The van der Waals surface area contributed by atoms with E-state index in [0.29, 0.717) is 0 Å². The minimum atomic E-state index is -2.98. The molecule has 0 radical (unpaired) electrons. The summed E-state index contributed by atoms with van der Waals surface area (Å²) >= 11 is 4.52. The number of hydrogen-bond donors (Lipinski definition) is 0. The first-order valence-electron chi connectivity index (χ1n) is 10.1. The fourth-order valence-corrected chi connectivity index (χ4v) is 12.0. The van der Waals surface area contributed by atoms with Crippen molar-refractivity contribution in [1.82, 2.24) is 0 Å². The summed E-state index contributed by atoms with van der Waals surface area (Å²) in [5, 5.41) is 0.978. The Morgan fingerprint density at radius 3 is 1.50 bits per heavy atom. The number of rotatable bonds is 6. The van der Waals surface area contributed by atoms with Gasteiger partial charge >= 0.3 is 188 Å². The molecule has 0 atom stereocenters. The van der Waals surface area contributed by atoms with Crippen molar-refractivity contribution in [3.63, 3.8) is 0 Å². The van der Waals surface area contributed by atoms with Crippen LogP contribution in [0.1, 0.15) is 11.1 Å². The van der Waals surface area contributed by atoms with Crippen molar-refractivity contribution in [2.45, 2.75) is 13.1 Å². The second-order valence-electron chi connectivity index (χ2n) is 7.71. The standard InChI is InChI=1S/C27H26BrOP/c1-22-18-23(20-24(19-22)29-2)21-30(28,25-12-6-3-7-13-25,26-14-8-4-9-15-26)27-16-10-5-11-17-27/h3-20H,21H2,1-2H3. The van der Waals surface area contributed by atoms with Crippen LogP contribution in [0.15, 0.2) is 109 Å². The van der Waals surface area contributed by atoms with Crippen LogP contribution in [0.3, 0.4) is 0 Å². The molecule has 1 nitrogen and oxygen atoms in total. The summed E-state index contributed by atoms with van der Waals surface area (Å²) < 4.78 is 5.60. The van der Waals surface area contributed by atoms with Gasteiger partial charge in [0.25, 0.3) is 0 Å². The van der Waals surface area contributed by atoms with Gasteiger partial charge in [0.1, 0.15) is 0 Å². The second kappa shape index (κ2) is 8.38. The normalized spacial score (nSPS) is 12.7. The molecule has 0 saturated heterocycles. The molecule has 0 spiro atoms. The van der Waals surface area contributed by atoms with Crippen LogP contribution >= 0.6 is 20.8 Å². The Morgan fingerprint density at radius 1 is 0.667 bits per heavy atom. The van der Waals surface area contributed by atoms with E-state index in [4.69, 9.17) is 4.74 Å². The Bertz CT molecular complexity index is 1030. The molecule has 152 valence electrons. The van der Waals surface area contributed by atoms with Crippen LogP contribution in [0.25, 0.3) is 0 Å². The van der Waals surface area contributed by atoms with Gasteiger partial charge in [0.15, 0.2) is 0 Å². The van der Waals surface area contributed by atoms with Crippen LogP contribution < -0.4 is 20.7 Å². The van der Waals surface area contributed by atoms with Gasteiger partial charge in [0.05, 0.1) is 0 Å². The van der Waals surface area contributed by atoms with Crippen molar-refractivity contribution < 1.29 is 4.74 Å². The first-order valence-corrected chi connectivity index (χ1v) is 14.5. The first-order chi connectivity index (χ1) is 14.5. The molecule has 4 rings (SSSR count). The van der Waals surface area contributed by atoms with Gasteiger partial charge in [-0.1, -0.05) is 0 Å². The van der Waals surface area contributed by atoms with Crippen LogP contribution in [0, 0.1) is 6.92 Å². The Balaban J connectivity index is 2.08. The molecule has 4 aromatic carbocycles. The summed E-state index contributed by atoms with van der Waals surface area (Å²) in [6, 6.07) is 39.2. The van der Waals surface area contributed by atoms with E-state index in [0.717, 1.165) is 11.9 Å². The molecule has 0 saturated carbocycles. The van der Waals surface area contributed by atoms with Crippen molar-refractivity contribution in [1.29, 1.82) is 0 Å². The summed E-state index contributed by atoms with van der Waals surface area (Å²) in [6.07, 6.45) is 0.863. The quantitative estimate of drug-likeness (QED) is 0.295. The second-order valence-corrected chi connectivity index (χ2v) is 16.6. The third-order valence-corrected chi connectivity index (χ3v) is 15.2. The summed E-state index contributed by atoms with van der Waals surface area (Å²) in [4.78, 5) is 0. The number of halogens is 1. The average Bonchev–Trinajstić information content (AvgIpc) is 2.80. The van der Waals surface area contributed by atoms with E-state index in [2.05, 4.69) is 132 Å². The van der Waals surface area contributed by atoms with Crippen LogP contribution in [0.5, 0.6) is 5.75 Å². The Hall–Kier alpha value is -2.41. The SMILES string of the molecule is COc1cc(C)cc(CP(Br)(c2ccccc2)(c2ccccc2)c2ccccc2)c1. The summed E-state index contributed by atoms with van der Waals surface area (Å²) in [7, 11) is 1.73. The monoisotopic (exact) mass is 476 g/mol. The number of methoxy groups -OCH3 is 1. The van der Waals surface area contributed by atoms with E-state index in [9.17, 15) is 0 Å². The molecular formula is C27H26BrOP. The zero-order chi connectivity index (χ0) is 21.1. The van der Waals surface area contributed by atoms with Crippen LogP contribution in [0.4, 0.5) is 0 Å². The fraction of sp³-hybridized carbons (Fsp3) is 0.111. The molecule has 0 aromatic heterocycles. The third kappa shape index (κ3) is 3.60. The number of hydrogen-bond acceptors (Lipinski definition) is 1. The van der Waals surface area contributed by atoms with Crippen LogP contribution in [-0.4, -0.2) is 7.11 Å². The van der Waals surface area contributed by atoms with E-state index in [-0.39, 0.29) is 0 Å². The summed E-state index contributed by atoms with van der Waals surface area (Å²) in [5.41, 5.74) is 2.47. The van der Waals surface area contributed by atoms with E-state index in [1.165, 1.54) is 27.0 Å². The maximum absolute atomic E-state index is 5.60. The van der Waals surface area contributed by atoms with Crippen molar-refractivity contribution >= 4 is 36.7 Å². The van der Waals surface area contributed by atoms with Gasteiger partial charge in [0.2, 0.25) is 0 Å². The van der Waals surface area contributed by atoms with Crippen LogP contribution in [-0.2, 0) is 6.16 Å². The summed E-state index contributed by atoms with van der Waals surface area (Å²) in [6.45, 7) is 2.13. The molecule has 30 heavy (non-hydrogen) atoms. The van der Waals surface area contributed by atoms with E-state index >= 15 is 0 Å². The molecule has 0 bridgehead atoms. The third-order valence-electron chi connectivity index (χ3n) is 5.71. The zero-order valence-electron chi connectivity index (χ0n) is 17.3. The van der Waals surface area contributed by atoms with Gasteiger partial charge in [-0.2, -0.15) is 0 Å².